The molecule has 2 rings (SSSR count). The fourth-order valence-electron chi connectivity index (χ4n) is 1.34. The lowest BCUT2D eigenvalue weighted by Crippen LogP contribution is -2.05. The van der Waals surface area contributed by atoms with Gasteiger partial charge in [0.05, 0.1) is 17.3 Å². The number of halogens is 2. The van der Waals surface area contributed by atoms with Gasteiger partial charge in [0.2, 0.25) is 0 Å². The zero-order chi connectivity index (χ0) is 13.8. The molecule has 0 aliphatic carbocycles. The minimum Gasteiger partial charge on any atom is -0.461 e. The van der Waals surface area contributed by atoms with Gasteiger partial charge in [0.25, 0.3) is 0 Å². The lowest BCUT2D eigenvalue weighted by atomic mass is 10.3. The summed E-state index contributed by atoms with van der Waals surface area (Å²) < 4.78 is 5.94. The van der Waals surface area contributed by atoms with Gasteiger partial charge in [0.15, 0.2) is 10.8 Å². The minimum absolute atomic E-state index is 0.302. The summed E-state index contributed by atoms with van der Waals surface area (Å²) in [6.07, 6.45) is 0. The molecule has 0 saturated carbocycles. The number of carbonyl (C=O) groups is 1. The second kappa shape index (κ2) is 6.53. The SMILES string of the molecule is CCOC(=O)c1csc(Nc2ccc(I)cc2Cl)n1. The fourth-order valence-corrected chi connectivity index (χ4v) is 2.93. The molecular weight excluding hydrogens is 399 g/mol. The number of nitrogens with one attached hydrogen (secondary N) is 1. The number of esters is 1. The monoisotopic (exact) mass is 408 g/mol. The molecule has 100 valence electrons. The number of rotatable bonds is 4. The number of benzene rings is 1. The zero-order valence-corrected chi connectivity index (χ0v) is 13.7. The smallest absolute Gasteiger partial charge is 0.357 e. The molecule has 0 atom stereocenters. The Morgan fingerprint density at radius 3 is 3.05 bits per heavy atom. The summed E-state index contributed by atoms with van der Waals surface area (Å²) in [5.41, 5.74) is 1.06. The van der Waals surface area contributed by atoms with Crippen LogP contribution >= 0.6 is 45.5 Å². The summed E-state index contributed by atoms with van der Waals surface area (Å²) in [7, 11) is 0. The molecule has 0 fully saturated rings. The number of carbonyl (C=O) groups excluding carboxylic acids is 1. The lowest BCUT2D eigenvalue weighted by Gasteiger charge is -2.05. The third-order valence-corrected chi connectivity index (χ3v) is 3.90. The molecular formula is C12H10ClIN2O2S. The van der Waals surface area contributed by atoms with Crippen LogP contribution in [0.2, 0.25) is 5.02 Å². The van der Waals surface area contributed by atoms with E-state index in [1.165, 1.54) is 11.3 Å². The molecule has 2 aromatic rings. The molecule has 0 unspecified atom stereocenters. The Bertz CT molecular complexity index is 603. The summed E-state index contributed by atoms with van der Waals surface area (Å²) in [5, 5.41) is 5.95. The summed E-state index contributed by atoms with van der Waals surface area (Å²) >= 11 is 9.63. The number of hydrogen-bond donors (Lipinski definition) is 1. The van der Waals surface area contributed by atoms with Crippen molar-refractivity contribution in [1.29, 1.82) is 0 Å². The number of thiazole rings is 1. The van der Waals surface area contributed by atoms with E-state index >= 15 is 0 Å². The van der Waals surface area contributed by atoms with Crippen molar-refractivity contribution < 1.29 is 9.53 Å². The standard InChI is InChI=1S/C12H10ClIN2O2S/c1-2-18-11(17)10-6-19-12(16-10)15-9-4-3-7(14)5-8(9)13/h3-6H,2H2,1H3,(H,15,16). The highest BCUT2D eigenvalue weighted by molar-refractivity contribution is 14.1. The molecule has 19 heavy (non-hydrogen) atoms. The predicted octanol–water partition coefficient (Wildman–Crippen LogP) is 4.32. The molecule has 0 bridgehead atoms. The zero-order valence-electron chi connectivity index (χ0n) is 9.94. The van der Waals surface area contributed by atoms with Crippen LogP contribution in [0.1, 0.15) is 17.4 Å². The van der Waals surface area contributed by atoms with E-state index < -0.39 is 5.97 Å². The van der Waals surface area contributed by atoms with Crippen molar-refractivity contribution in [3.63, 3.8) is 0 Å². The first-order valence-corrected chi connectivity index (χ1v) is 7.78. The Balaban J connectivity index is 2.13. The van der Waals surface area contributed by atoms with Crippen LogP contribution in [-0.2, 0) is 4.74 Å². The van der Waals surface area contributed by atoms with Gasteiger partial charge in [0, 0.05) is 8.95 Å². The normalized spacial score (nSPS) is 10.3. The molecule has 0 saturated heterocycles. The molecule has 1 aromatic carbocycles. The van der Waals surface area contributed by atoms with Crippen LogP contribution in [0.5, 0.6) is 0 Å². The summed E-state index contributed by atoms with van der Waals surface area (Å²) in [4.78, 5) is 15.6. The van der Waals surface area contributed by atoms with Crippen LogP contribution in [0.15, 0.2) is 23.6 Å². The van der Waals surface area contributed by atoms with Crippen LogP contribution in [-0.4, -0.2) is 17.6 Å². The first-order chi connectivity index (χ1) is 9.10. The van der Waals surface area contributed by atoms with Crippen molar-refractivity contribution in [1.82, 2.24) is 4.98 Å². The highest BCUT2D eigenvalue weighted by Gasteiger charge is 2.12. The van der Waals surface area contributed by atoms with E-state index in [1.54, 1.807) is 12.3 Å². The third-order valence-electron chi connectivity index (χ3n) is 2.16. The van der Waals surface area contributed by atoms with Gasteiger partial charge in [-0.2, -0.15) is 0 Å². The lowest BCUT2D eigenvalue weighted by molar-refractivity contribution is 0.0520. The van der Waals surface area contributed by atoms with Crippen LogP contribution in [0.4, 0.5) is 10.8 Å². The van der Waals surface area contributed by atoms with Crippen LogP contribution in [0, 0.1) is 3.57 Å². The molecule has 0 radical (unpaired) electrons. The highest BCUT2D eigenvalue weighted by Crippen LogP contribution is 2.28. The third kappa shape index (κ3) is 3.80. The van der Waals surface area contributed by atoms with E-state index in [0.29, 0.717) is 22.5 Å². The fraction of sp³-hybridized carbons (Fsp3) is 0.167. The summed E-state index contributed by atoms with van der Waals surface area (Å²) in [6.45, 7) is 2.09. The van der Waals surface area contributed by atoms with Gasteiger partial charge in [-0.05, 0) is 47.7 Å². The Labute approximate surface area is 133 Å². The second-order valence-corrected chi connectivity index (χ2v) is 6.02. The molecule has 7 heteroatoms. The second-order valence-electron chi connectivity index (χ2n) is 3.51. The van der Waals surface area contributed by atoms with E-state index in [2.05, 4.69) is 32.9 Å². The van der Waals surface area contributed by atoms with Crippen molar-refractivity contribution in [3.8, 4) is 0 Å². The summed E-state index contributed by atoms with van der Waals surface area (Å²) in [5.74, 6) is -0.416. The molecule has 0 spiro atoms. The number of ether oxygens (including phenoxy) is 1. The van der Waals surface area contributed by atoms with Gasteiger partial charge in [-0.15, -0.1) is 11.3 Å². The van der Waals surface area contributed by atoms with Crippen molar-refractivity contribution >= 4 is 62.3 Å². The van der Waals surface area contributed by atoms with Crippen LogP contribution in [0.25, 0.3) is 0 Å². The van der Waals surface area contributed by atoms with Gasteiger partial charge in [0.1, 0.15) is 0 Å². The molecule has 1 aromatic heterocycles. The molecule has 1 heterocycles. The molecule has 1 N–H and O–H groups in total. The molecule has 4 nitrogen and oxygen atoms in total. The Hall–Kier alpha value is -0.860. The van der Waals surface area contributed by atoms with Crippen molar-refractivity contribution in [2.75, 3.05) is 11.9 Å². The van der Waals surface area contributed by atoms with Gasteiger partial charge in [-0.25, -0.2) is 9.78 Å². The molecule has 0 aliphatic rings. The highest BCUT2D eigenvalue weighted by atomic mass is 127. The molecule has 0 amide bonds. The summed E-state index contributed by atoms with van der Waals surface area (Å²) in [6, 6.07) is 5.66. The maximum atomic E-state index is 11.5. The average molecular weight is 409 g/mol. The van der Waals surface area contributed by atoms with Crippen LogP contribution in [0.3, 0.4) is 0 Å². The van der Waals surface area contributed by atoms with Gasteiger partial charge in [-0.1, -0.05) is 11.6 Å². The Kier molecular flexibility index (Phi) is 5.00. The quantitative estimate of drug-likeness (QED) is 0.605. The Morgan fingerprint density at radius 2 is 2.37 bits per heavy atom. The minimum atomic E-state index is -0.416. The van der Waals surface area contributed by atoms with Gasteiger partial charge < -0.3 is 10.1 Å². The maximum Gasteiger partial charge on any atom is 0.357 e. The average Bonchev–Trinajstić information content (AvgIpc) is 2.82. The molecule has 0 aliphatic heterocycles. The van der Waals surface area contributed by atoms with E-state index in [9.17, 15) is 4.79 Å². The van der Waals surface area contributed by atoms with Crippen molar-refractivity contribution in [2.45, 2.75) is 6.92 Å². The van der Waals surface area contributed by atoms with E-state index in [-0.39, 0.29) is 0 Å². The van der Waals surface area contributed by atoms with Gasteiger partial charge >= 0.3 is 5.97 Å². The first-order valence-electron chi connectivity index (χ1n) is 5.45. The predicted molar refractivity (Wildman–Crippen MR) is 85.5 cm³/mol. The number of hydrogen-bond acceptors (Lipinski definition) is 5. The van der Waals surface area contributed by atoms with Gasteiger partial charge in [-0.3, -0.25) is 0 Å². The topological polar surface area (TPSA) is 51.2 Å². The van der Waals surface area contributed by atoms with E-state index in [4.69, 9.17) is 16.3 Å². The van der Waals surface area contributed by atoms with Crippen molar-refractivity contribution in [2.24, 2.45) is 0 Å². The van der Waals surface area contributed by atoms with E-state index in [1.807, 2.05) is 18.2 Å². The maximum absolute atomic E-state index is 11.5. The number of nitrogens with zero attached hydrogens (tertiary/aromatic N) is 1. The number of aromatic nitrogens is 1. The first kappa shape index (κ1) is 14.5. The largest absolute Gasteiger partial charge is 0.461 e. The van der Waals surface area contributed by atoms with Crippen molar-refractivity contribution in [3.05, 3.63) is 37.9 Å². The van der Waals surface area contributed by atoms with E-state index in [0.717, 1.165) is 9.26 Å². The van der Waals surface area contributed by atoms with Crippen LogP contribution < -0.4 is 5.32 Å². The Morgan fingerprint density at radius 1 is 1.58 bits per heavy atom. The number of anilines is 2.